The molecule has 1 aromatic carbocycles. The summed E-state index contributed by atoms with van der Waals surface area (Å²) in [4.78, 5) is 13.3. The van der Waals surface area contributed by atoms with Gasteiger partial charge in [-0.2, -0.15) is 0 Å². The number of aryl methyl sites for hydroxylation is 2. The fraction of sp³-hybridized carbons (Fsp3) is 0.235. The zero-order valence-corrected chi connectivity index (χ0v) is 13.1. The number of amides is 1. The molecule has 0 aliphatic heterocycles. The van der Waals surface area contributed by atoms with Crippen molar-refractivity contribution in [1.82, 2.24) is 5.32 Å². The fourth-order valence-corrected chi connectivity index (χ4v) is 3.52. The smallest absolute Gasteiger partial charge is 0.262 e. The molecule has 0 aliphatic carbocycles. The first kappa shape index (κ1) is 13.9. The Morgan fingerprint density at radius 2 is 1.95 bits per heavy atom. The van der Waals surface area contributed by atoms with Gasteiger partial charge in [-0.05, 0) is 49.9 Å². The molecule has 0 radical (unpaired) electrons. The van der Waals surface area contributed by atoms with Crippen LogP contribution in [-0.4, -0.2) is 5.91 Å². The van der Waals surface area contributed by atoms with Crippen molar-refractivity contribution in [3.8, 4) is 0 Å². The Morgan fingerprint density at radius 3 is 2.62 bits per heavy atom. The Balaban J connectivity index is 1.85. The van der Waals surface area contributed by atoms with Crippen molar-refractivity contribution in [2.75, 3.05) is 0 Å². The average molecular weight is 299 g/mol. The molecule has 3 nitrogen and oxygen atoms in total. The molecule has 0 saturated carbocycles. The molecule has 2 aromatic heterocycles. The quantitative estimate of drug-likeness (QED) is 0.768. The van der Waals surface area contributed by atoms with Crippen LogP contribution in [0.4, 0.5) is 0 Å². The van der Waals surface area contributed by atoms with E-state index >= 15 is 0 Å². The van der Waals surface area contributed by atoms with Crippen molar-refractivity contribution < 1.29 is 9.21 Å². The van der Waals surface area contributed by atoms with Gasteiger partial charge < -0.3 is 9.73 Å². The van der Waals surface area contributed by atoms with E-state index in [1.807, 2.05) is 51.1 Å². The highest BCUT2D eigenvalue weighted by Crippen LogP contribution is 2.30. The monoisotopic (exact) mass is 299 g/mol. The summed E-state index contributed by atoms with van der Waals surface area (Å²) in [6.07, 6.45) is 0. The lowest BCUT2D eigenvalue weighted by Crippen LogP contribution is -2.26. The molecule has 4 heteroatoms. The third kappa shape index (κ3) is 2.59. The fourth-order valence-electron chi connectivity index (χ4n) is 2.41. The molecule has 1 amide bonds. The molecule has 0 unspecified atom stereocenters. The van der Waals surface area contributed by atoms with Crippen LogP contribution in [0.1, 0.15) is 39.7 Å². The zero-order chi connectivity index (χ0) is 15.0. The summed E-state index contributed by atoms with van der Waals surface area (Å²) in [7, 11) is 0. The SMILES string of the molecule is Cc1ccc([C@H](C)NC(=O)c2sc3ccccc3c2C)o1. The minimum atomic E-state index is -0.143. The molecule has 0 spiro atoms. The van der Waals surface area contributed by atoms with Crippen LogP contribution in [-0.2, 0) is 0 Å². The number of hydrogen-bond donors (Lipinski definition) is 1. The number of fused-ring (bicyclic) bond motifs is 1. The van der Waals surface area contributed by atoms with E-state index in [0.29, 0.717) is 0 Å². The van der Waals surface area contributed by atoms with Gasteiger partial charge >= 0.3 is 0 Å². The molecule has 0 fully saturated rings. The van der Waals surface area contributed by atoms with Crippen LogP contribution in [0, 0.1) is 13.8 Å². The van der Waals surface area contributed by atoms with Crippen LogP contribution in [0.2, 0.25) is 0 Å². The number of hydrogen-bond acceptors (Lipinski definition) is 3. The van der Waals surface area contributed by atoms with Crippen molar-refractivity contribution in [2.24, 2.45) is 0 Å². The van der Waals surface area contributed by atoms with Crippen LogP contribution in [0.15, 0.2) is 40.8 Å². The molecule has 3 aromatic rings. The minimum Gasteiger partial charge on any atom is -0.464 e. The van der Waals surface area contributed by atoms with Crippen molar-refractivity contribution in [3.63, 3.8) is 0 Å². The van der Waals surface area contributed by atoms with Gasteiger partial charge in [0.1, 0.15) is 11.5 Å². The van der Waals surface area contributed by atoms with Gasteiger partial charge in [0.25, 0.3) is 5.91 Å². The predicted molar refractivity (Wildman–Crippen MR) is 85.9 cm³/mol. The standard InChI is InChI=1S/C17H17NO2S/c1-10-8-9-14(20-10)12(3)18-17(19)16-11(2)13-6-4-5-7-15(13)21-16/h4-9,12H,1-3H3,(H,18,19)/t12-/m0/s1. The lowest BCUT2D eigenvalue weighted by molar-refractivity contribution is 0.0939. The molecule has 0 saturated heterocycles. The van der Waals surface area contributed by atoms with E-state index in [-0.39, 0.29) is 11.9 Å². The highest BCUT2D eigenvalue weighted by Gasteiger charge is 2.18. The second kappa shape index (κ2) is 5.37. The van der Waals surface area contributed by atoms with E-state index in [0.717, 1.165) is 32.0 Å². The minimum absolute atomic E-state index is 0.0461. The first-order valence-corrected chi connectivity index (χ1v) is 7.73. The lowest BCUT2D eigenvalue weighted by atomic mass is 10.1. The Morgan fingerprint density at radius 1 is 1.19 bits per heavy atom. The van der Waals surface area contributed by atoms with Crippen LogP contribution in [0.5, 0.6) is 0 Å². The molecule has 1 N–H and O–H groups in total. The number of nitrogens with one attached hydrogen (secondary N) is 1. The van der Waals surface area contributed by atoms with E-state index in [2.05, 4.69) is 11.4 Å². The molecule has 3 rings (SSSR count). The molecule has 108 valence electrons. The second-order valence-corrected chi connectivity index (χ2v) is 6.25. The summed E-state index contributed by atoms with van der Waals surface area (Å²) in [6, 6.07) is 11.8. The van der Waals surface area contributed by atoms with Gasteiger partial charge in [0.2, 0.25) is 0 Å². The summed E-state index contributed by atoms with van der Waals surface area (Å²) in [6.45, 7) is 5.82. The lowest BCUT2D eigenvalue weighted by Gasteiger charge is -2.11. The number of rotatable bonds is 3. The Hall–Kier alpha value is -2.07. The molecule has 21 heavy (non-hydrogen) atoms. The van der Waals surface area contributed by atoms with Crippen LogP contribution < -0.4 is 5.32 Å². The van der Waals surface area contributed by atoms with Gasteiger partial charge in [-0.1, -0.05) is 18.2 Å². The predicted octanol–water partition coefficient (Wildman–Crippen LogP) is 4.60. The van der Waals surface area contributed by atoms with Crippen molar-refractivity contribution >= 4 is 27.3 Å². The highest BCUT2D eigenvalue weighted by atomic mass is 32.1. The maximum Gasteiger partial charge on any atom is 0.262 e. The normalized spacial score (nSPS) is 12.5. The van der Waals surface area contributed by atoms with Crippen LogP contribution in [0.3, 0.4) is 0 Å². The summed E-state index contributed by atoms with van der Waals surface area (Å²) in [5.74, 6) is 1.58. The van der Waals surface area contributed by atoms with E-state index in [1.54, 1.807) is 0 Å². The van der Waals surface area contributed by atoms with Gasteiger partial charge in [0, 0.05) is 4.70 Å². The molecule has 0 aliphatic rings. The first-order valence-electron chi connectivity index (χ1n) is 6.91. The number of thiophene rings is 1. The Kier molecular flexibility index (Phi) is 3.55. The van der Waals surface area contributed by atoms with Gasteiger partial charge in [-0.3, -0.25) is 4.79 Å². The molecule has 2 heterocycles. The first-order chi connectivity index (χ1) is 10.1. The third-order valence-corrected chi connectivity index (χ3v) is 4.86. The molecule has 1 atom stereocenters. The molecular weight excluding hydrogens is 282 g/mol. The van der Waals surface area contributed by atoms with E-state index in [1.165, 1.54) is 11.3 Å². The van der Waals surface area contributed by atoms with E-state index in [4.69, 9.17) is 4.42 Å². The summed E-state index contributed by atoms with van der Waals surface area (Å²) in [5, 5.41) is 4.15. The maximum absolute atomic E-state index is 12.5. The largest absolute Gasteiger partial charge is 0.464 e. The molecule has 0 bridgehead atoms. The Labute approximate surface area is 127 Å². The number of benzene rings is 1. The maximum atomic E-state index is 12.5. The number of carbonyl (C=O) groups is 1. The second-order valence-electron chi connectivity index (χ2n) is 5.20. The van der Waals surface area contributed by atoms with Crippen molar-refractivity contribution in [3.05, 3.63) is 58.4 Å². The van der Waals surface area contributed by atoms with Gasteiger partial charge in [-0.25, -0.2) is 0 Å². The van der Waals surface area contributed by atoms with Gasteiger partial charge in [0.05, 0.1) is 10.9 Å². The number of furan rings is 1. The summed E-state index contributed by atoms with van der Waals surface area (Å²) in [5.41, 5.74) is 1.04. The Bertz CT molecular complexity index is 800. The highest BCUT2D eigenvalue weighted by molar-refractivity contribution is 7.21. The molecular formula is C17H17NO2S. The third-order valence-electron chi connectivity index (χ3n) is 3.59. The topological polar surface area (TPSA) is 42.2 Å². The van der Waals surface area contributed by atoms with E-state index < -0.39 is 0 Å². The van der Waals surface area contributed by atoms with Crippen molar-refractivity contribution in [1.29, 1.82) is 0 Å². The summed E-state index contributed by atoms with van der Waals surface area (Å²) < 4.78 is 6.70. The average Bonchev–Trinajstić information content (AvgIpc) is 3.04. The van der Waals surface area contributed by atoms with Gasteiger partial charge in [0.15, 0.2) is 0 Å². The zero-order valence-electron chi connectivity index (χ0n) is 12.3. The summed E-state index contributed by atoms with van der Waals surface area (Å²) >= 11 is 1.53. The van der Waals surface area contributed by atoms with Crippen LogP contribution in [0.25, 0.3) is 10.1 Å². The number of carbonyl (C=O) groups excluding carboxylic acids is 1. The van der Waals surface area contributed by atoms with E-state index in [9.17, 15) is 4.79 Å². The van der Waals surface area contributed by atoms with Gasteiger partial charge in [-0.15, -0.1) is 11.3 Å². The van der Waals surface area contributed by atoms with Crippen molar-refractivity contribution in [2.45, 2.75) is 26.8 Å². The van der Waals surface area contributed by atoms with Crippen LogP contribution >= 0.6 is 11.3 Å².